The molecule has 5 heteroatoms. The Kier molecular flexibility index (Phi) is 3.20. The third kappa shape index (κ3) is 2.99. The summed E-state index contributed by atoms with van der Waals surface area (Å²) in [7, 11) is 0. The third-order valence-electron chi connectivity index (χ3n) is 3.46. The highest BCUT2D eigenvalue weighted by atomic mass is 35.5. The van der Waals surface area contributed by atoms with E-state index in [-0.39, 0.29) is 11.1 Å². The van der Waals surface area contributed by atoms with E-state index in [1.807, 2.05) is 4.90 Å². The number of aromatic nitrogens is 2. The number of nitrogens with zero attached hydrogens (tertiary/aromatic N) is 3. The van der Waals surface area contributed by atoms with Crippen molar-refractivity contribution < 1.29 is 4.79 Å². The second-order valence-corrected chi connectivity index (χ2v) is 5.71. The Labute approximate surface area is 111 Å². The van der Waals surface area contributed by atoms with Crippen LogP contribution in [-0.2, 0) is 0 Å². The summed E-state index contributed by atoms with van der Waals surface area (Å²) in [6, 6.07) is 0. The number of hydrogen-bond donors (Lipinski definition) is 0. The van der Waals surface area contributed by atoms with E-state index in [9.17, 15) is 4.79 Å². The van der Waals surface area contributed by atoms with Gasteiger partial charge in [-0.2, -0.15) is 0 Å². The molecule has 2 saturated carbocycles. The molecule has 3 rings (SSSR count). The maximum absolute atomic E-state index is 12.4. The fraction of sp³-hybridized carbons (Fsp3) is 0.615. The minimum atomic E-state index is -0.0243. The third-order valence-corrected chi connectivity index (χ3v) is 3.64. The minimum Gasteiger partial charge on any atom is -0.337 e. The van der Waals surface area contributed by atoms with E-state index in [1.54, 1.807) is 0 Å². The molecule has 0 bridgehead atoms. The molecule has 0 radical (unpaired) electrons. The molecular weight excluding hydrogens is 250 g/mol. The molecule has 1 aromatic heterocycles. The lowest BCUT2D eigenvalue weighted by molar-refractivity contribution is 0.0733. The predicted octanol–water partition coefficient (Wildman–Crippen LogP) is 2.39. The largest absolute Gasteiger partial charge is 0.337 e. The van der Waals surface area contributed by atoms with Crippen molar-refractivity contribution in [3.63, 3.8) is 0 Å². The Morgan fingerprint density at radius 3 is 2.33 bits per heavy atom. The van der Waals surface area contributed by atoms with Crippen LogP contribution in [0.25, 0.3) is 0 Å². The molecule has 0 unspecified atom stereocenters. The van der Waals surface area contributed by atoms with Crippen molar-refractivity contribution >= 4 is 17.5 Å². The monoisotopic (exact) mass is 265 g/mol. The van der Waals surface area contributed by atoms with Crippen LogP contribution in [0.5, 0.6) is 0 Å². The quantitative estimate of drug-likeness (QED) is 0.821. The van der Waals surface area contributed by atoms with Crippen LogP contribution >= 0.6 is 11.6 Å². The van der Waals surface area contributed by atoms with E-state index < -0.39 is 0 Å². The second-order valence-electron chi connectivity index (χ2n) is 5.32. The highest BCUT2D eigenvalue weighted by Gasteiger charge is 2.32. The van der Waals surface area contributed by atoms with Gasteiger partial charge in [0.25, 0.3) is 5.91 Å². The van der Waals surface area contributed by atoms with Crippen LogP contribution in [0, 0.1) is 11.8 Å². The smallest absolute Gasteiger partial charge is 0.274 e. The normalized spacial score (nSPS) is 18.7. The SMILES string of the molecule is O=C(c1cncc(Cl)n1)N(CC1CC1)CC1CC1. The molecule has 1 heterocycles. The first-order chi connectivity index (χ1) is 8.72. The van der Waals surface area contributed by atoms with Gasteiger partial charge in [-0.25, -0.2) is 4.98 Å². The summed E-state index contributed by atoms with van der Waals surface area (Å²) in [4.78, 5) is 22.3. The molecule has 0 aromatic carbocycles. The number of halogens is 1. The Morgan fingerprint density at radius 2 is 1.83 bits per heavy atom. The zero-order valence-corrected chi connectivity index (χ0v) is 10.9. The molecule has 0 saturated heterocycles. The van der Waals surface area contributed by atoms with Crippen LogP contribution in [0.4, 0.5) is 0 Å². The number of rotatable bonds is 5. The van der Waals surface area contributed by atoms with Gasteiger partial charge in [-0.15, -0.1) is 0 Å². The molecule has 0 atom stereocenters. The van der Waals surface area contributed by atoms with Crippen LogP contribution in [0.3, 0.4) is 0 Å². The van der Waals surface area contributed by atoms with Crippen molar-refractivity contribution in [3.05, 3.63) is 23.2 Å². The van der Waals surface area contributed by atoms with Gasteiger partial charge in [-0.1, -0.05) is 11.6 Å². The lowest BCUT2D eigenvalue weighted by Gasteiger charge is -2.22. The number of carbonyl (C=O) groups is 1. The lowest BCUT2D eigenvalue weighted by atomic mass is 10.2. The van der Waals surface area contributed by atoms with E-state index in [0.29, 0.717) is 17.5 Å². The first-order valence-electron chi connectivity index (χ1n) is 6.49. The van der Waals surface area contributed by atoms with Crippen LogP contribution in [-0.4, -0.2) is 33.9 Å². The fourth-order valence-electron chi connectivity index (χ4n) is 2.07. The van der Waals surface area contributed by atoms with Gasteiger partial charge in [0.15, 0.2) is 0 Å². The summed E-state index contributed by atoms with van der Waals surface area (Å²) in [6.45, 7) is 1.73. The molecular formula is C13H16ClN3O. The molecule has 18 heavy (non-hydrogen) atoms. The topological polar surface area (TPSA) is 46.1 Å². The Balaban J connectivity index is 1.72. The molecule has 0 N–H and O–H groups in total. The van der Waals surface area contributed by atoms with Crippen LogP contribution < -0.4 is 0 Å². The van der Waals surface area contributed by atoms with Gasteiger partial charge in [0, 0.05) is 13.1 Å². The Hall–Kier alpha value is -1.16. The van der Waals surface area contributed by atoms with Crippen molar-refractivity contribution in [2.45, 2.75) is 25.7 Å². The molecule has 96 valence electrons. The van der Waals surface area contributed by atoms with Crippen LogP contribution in [0.2, 0.25) is 5.15 Å². The van der Waals surface area contributed by atoms with Crippen LogP contribution in [0.1, 0.15) is 36.2 Å². The van der Waals surface area contributed by atoms with E-state index in [4.69, 9.17) is 11.6 Å². The highest BCUT2D eigenvalue weighted by molar-refractivity contribution is 6.29. The van der Waals surface area contributed by atoms with E-state index in [2.05, 4.69) is 9.97 Å². The number of hydrogen-bond acceptors (Lipinski definition) is 3. The summed E-state index contributed by atoms with van der Waals surface area (Å²) in [5, 5.41) is 0.277. The molecule has 2 aliphatic rings. The van der Waals surface area contributed by atoms with E-state index in [0.717, 1.165) is 13.1 Å². The first kappa shape index (κ1) is 11.9. The standard InChI is InChI=1S/C13H16ClN3O/c14-12-6-15-5-11(16-12)13(18)17(7-9-1-2-9)8-10-3-4-10/h5-6,9-10H,1-4,7-8H2. The number of carbonyl (C=O) groups excluding carboxylic acids is 1. The Bertz CT molecular complexity index is 443. The van der Waals surface area contributed by atoms with Gasteiger partial charge in [0.2, 0.25) is 0 Å². The molecule has 2 fully saturated rings. The Morgan fingerprint density at radius 1 is 1.22 bits per heavy atom. The predicted molar refractivity (Wildman–Crippen MR) is 68.4 cm³/mol. The summed E-state index contributed by atoms with van der Waals surface area (Å²) in [5.41, 5.74) is 0.365. The summed E-state index contributed by atoms with van der Waals surface area (Å²) in [6.07, 6.45) is 7.93. The molecule has 1 amide bonds. The van der Waals surface area contributed by atoms with Gasteiger partial charge < -0.3 is 4.90 Å². The van der Waals surface area contributed by atoms with Crippen LogP contribution in [0.15, 0.2) is 12.4 Å². The number of amides is 1. The van der Waals surface area contributed by atoms with Gasteiger partial charge >= 0.3 is 0 Å². The summed E-state index contributed by atoms with van der Waals surface area (Å²) in [5.74, 6) is 1.36. The van der Waals surface area contributed by atoms with Gasteiger partial charge in [0.1, 0.15) is 10.8 Å². The van der Waals surface area contributed by atoms with Crippen molar-refractivity contribution in [1.29, 1.82) is 0 Å². The summed E-state index contributed by atoms with van der Waals surface area (Å²) >= 11 is 5.79. The molecule has 2 aliphatic carbocycles. The maximum atomic E-state index is 12.4. The zero-order chi connectivity index (χ0) is 12.5. The average molecular weight is 266 g/mol. The lowest BCUT2D eigenvalue weighted by Crippen LogP contribution is -2.35. The van der Waals surface area contributed by atoms with Gasteiger partial charge in [-0.3, -0.25) is 9.78 Å². The molecule has 0 spiro atoms. The van der Waals surface area contributed by atoms with Gasteiger partial charge in [0.05, 0.1) is 12.4 Å². The highest BCUT2D eigenvalue weighted by Crippen LogP contribution is 2.34. The van der Waals surface area contributed by atoms with Crippen molar-refractivity contribution in [2.24, 2.45) is 11.8 Å². The molecule has 4 nitrogen and oxygen atoms in total. The average Bonchev–Trinajstić information content (AvgIpc) is 3.22. The van der Waals surface area contributed by atoms with Crippen molar-refractivity contribution in [3.8, 4) is 0 Å². The van der Waals surface area contributed by atoms with Gasteiger partial charge in [-0.05, 0) is 37.5 Å². The second kappa shape index (κ2) is 4.84. The van der Waals surface area contributed by atoms with E-state index in [1.165, 1.54) is 38.1 Å². The van der Waals surface area contributed by atoms with E-state index >= 15 is 0 Å². The van der Waals surface area contributed by atoms with Crippen molar-refractivity contribution in [1.82, 2.24) is 14.9 Å². The molecule has 0 aliphatic heterocycles. The summed E-state index contributed by atoms with van der Waals surface area (Å²) < 4.78 is 0. The van der Waals surface area contributed by atoms with Crippen molar-refractivity contribution in [2.75, 3.05) is 13.1 Å². The maximum Gasteiger partial charge on any atom is 0.274 e. The fourth-order valence-corrected chi connectivity index (χ4v) is 2.22. The molecule has 1 aromatic rings. The first-order valence-corrected chi connectivity index (χ1v) is 6.87. The zero-order valence-electron chi connectivity index (χ0n) is 10.2. The minimum absolute atomic E-state index is 0.0243.